The Morgan fingerprint density at radius 2 is 2.25 bits per heavy atom. The molecule has 3 heteroatoms. The highest BCUT2D eigenvalue weighted by Crippen LogP contribution is 2.27. The van der Waals surface area contributed by atoms with Crippen molar-refractivity contribution in [3.8, 4) is 5.75 Å². The second-order valence-corrected chi connectivity index (χ2v) is 3.71. The molecule has 0 amide bonds. The van der Waals surface area contributed by atoms with E-state index in [1.807, 2.05) is 13.0 Å². The van der Waals surface area contributed by atoms with Crippen LogP contribution in [0.2, 0.25) is 0 Å². The summed E-state index contributed by atoms with van der Waals surface area (Å²) in [5, 5.41) is 10.5. The fourth-order valence-corrected chi connectivity index (χ4v) is 1.65. The van der Waals surface area contributed by atoms with Gasteiger partial charge in [-0.3, -0.25) is 0 Å². The number of hydrogen-bond acceptors (Lipinski definition) is 3. The Morgan fingerprint density at radius 3 is 2.94 bits per heavy atom. The Kier molecular flexibility index (Phi) is 2.52. The van der Waals surface area contributed by atoms with E-state index in [1.165, 1.54) is 0 Å². The first-order valence-corrected chi connectivity index (χ1v) is 4.99. The van der Waals surface area contributed by atoms with Gasteiger partial charge in [0.05, 0.1) is 10.9 Å². The van der Waals surface area contributed by atoms with E-state index in [4.69, 9.17) is 4.42 Å². The van der Waals surface area contributed by atoms with Gasteiger partial charge in [-0.25, -0.2) is 4.79 Å². The van der Waals surface area contributed by atoms with Crippen LogP contribution in [-0.2, 0) is 6.42 Å². The minimum Gasteiger partial charge on any atom is -0.507 e. The van der Waals surface area contributed by atoms with Crippen LogP contribution in [0.5, 0.6) is 5.75 Å². The maximum Gasteiger partial charge on any atom is 0.343 e. The van der Waals surface area contributed by atoms with E-state index in [2.05, 4.69) is 6.58 Å². The molecule has 1 heterocycles. The Bertz CT molecular complexity index is 608. The summed E-state index contributed by atoms with van der Waals surface area (Å²) in [5.74, 6) is -0.00819. The molecule has 0 fully saturated rings. The van der Waals surface area contributed by atoms with E-state index in [0.717, 1.165) is 5.56 Å². The molecule has 82 valence electrons. The second-order valence-electron chi connectivity index (χ2n) is 3.71. The standard InChI is InChI=1S/C13H12O3/c1-3-4-10-12(14)9-6-5-8(2)7-11(9)16-13(10)15/h3,5-7,14H,1,4H2,2H3. The van der Waals surface area contributed by atoms with Gasteiger partial charge in [0.1, 0.15) is 11.3 Å². The zero-order chi connectivity index (χ0) is 11.7. The van der Waals surface area contributed by atoms with Crippen molar-refractivity contribution in [2.24, 2.45) is 0 Å². The molecule has 0 aliphatic rings. The summed E-state index contributed by atoms with van der Waals surface area (Å²) < 4.78 is 5.14. The average molecular weight is 216 g/mol. The molecule has 2 aromatic rings. The zero-order valence-electron chi connectivity index (χ0n) is 8.99. The lowest BCUT2D eigenvalue weighted by atomic mass is 10.1. The highest BCUT2D eigenvalue weighted by Gasteiger charge is 2.12. The van der Waals surface area contributed by atoms with Crippen molar-refractivity contribution in [2.45, 2.75) is 13.3 Å². The molecule has 0 bridgehead atoms. The first-order valence-electron chi connectivity index (χ1n) is 4.99. The molecule has 0 spiro atoms. The van der Waals surface area contributed by atoms with Crippen molar-refractivity contribution in [3.05, 3.63) is 52.4 Å². The summed E-state index contributed by atoms with van der Waals surface area (Å²) in [7, 11) is 0. The maximum atomic E-state index is 11.6. The zero-order valence-corrected chi connectivity index (χ0v) is 8.99. The number of rotatable bonds is 2. The van der Waals surface area contributed by atoms with Crippen LogP contribution in [0, 0.1) is 6.92 Å². The molecule has 0 radical (unpaired) electrons. The number of hydrogen-bond donors (Lipinski definition) is 1. The van der Waals surface area contributed by atoms with E-state index in [0.29, 0.717) is 17.4 Å². The van der Waals surface area contributed by atoms with Crippen molar-refractivity contribution in [3.63, 3.8) is 0 Å². The van der Waals surface area contributed by atoms with Crippen LogP contribution < -0.4 is 5.63 Å². The molecule has 16 heavy (non-hydrogen) atoms. The molecule has 3 nitrogen and oxygen atoms in total. The number of fused-ring (bicyclic) bond motifs is 1. The van der Waals surface area contributed by atoms with Crippen molar-refractivity contribution in [2.75, 3.05) is 0 Å². The van der Waals surface area contributed by atoms with E-state index in [9.17, 15) is 9.90 Å². The Hall–Kier alpha value is -2.03. The predicted molar refractivity (Wildman–Crippen MR) is 62.8 cm³/mol. The minimum absolute atomic E-state index is 0.00819. The third kappa shape index (κ3) is 1.60. The van der Waals surface area contributed by atoms with Crippen LogP contribution in [0.15, 0.2) is 40.1 Å². The van der Waals surface area contributed by atoms with Gasteiger partial charge in [-0.05, 0) is 24.6 Å². The van der Waals surface area contributed by atoms with E-state index >= 15 is 0 Å². The van der Waals surface area contributed by atoms with Crippen LogP contribution in [0.4, 0.5) is 0 Å². The fourth-order valence-electron chi connectivity index (χ4n) is 1.65. The van der Waals surface area contributed by atoms with Gasteiger partial charge >= 0.3 is 5.63 Å². The lowest BCUT2D eigenvalue weighted by Gasteiger charge is -2.04. The van der Waals surface area contributed by atoms with Gasteiger partial charge in [0.2, 0.25) is 0 Å². The first kappa shape index (κ1) is 10.5. The number of allylic oxidation sites excluding steroid dienone is 1. The fraction of sp³-hybridized carbons (Fsp3) is 0.154. The Balaban J connectivity index is 2.83. The lowest BCUT2D eigenvalue weighted by Crippen LogP contribution is -2.06. The normalized spacial score (nSPS) is 10.6. The maximum absolute atomic E-state index is 11.6. The van der Waals surface area contributed by atoms with Crippen LogP contribution in [0.3, 0.4) is 0 Å². The van der Waals surface area contributed by atoms with Gasteiger partial charge in [0, 0.05) is 6.42 Å². The summed E-state index contributed by atoms with van der Waals surface area (Å²) >= 11 is 0. The summed E-state index contributed by atoms with van der Waals surface area (Å²) in [4.78, 5) is 11.6. The van der Waals surface area contributed by atoms with Gasteiger partial charge in [-0.1, -0.05) is 12.1 Å². The monoisotopic (exact) mass is 216 g/mol. The summed E-state index contributed by atoms with van der Waals surface area (Å²) in [6.45, 7) is 5.44. The lowest BCUT2D eigenvalue weighted by molar-refractivity contribution is 0.459. The van der Waals surface area contributed by atoms with E-state index in [1.54, 1.807) is 18.2 Å². The van der Waals surface area contributed by atoms with Gasteiger partial charge in [0.15, 0.2) is 0 Å². The minimum atomic E-state index is -0.504. The average Bonchev–Trinajstić information content (AvgIpc) is 2.23. The first-order chi connectivity index (χ1) is 7.63. The molecule has 1 N–H and O–H groups in total. The highest BCUT2D eigenvalue weighted by atomic mass is 16.4. The Morgan fingerprint density at radius 1 is 1.50 bits per heavy atom. The molecular formula is C13H12O3. The van der Waals surface area contributed by atoms with Gasteiger partial charge in [-0.2, -0.15) is 0 Å². The third-order valence-corrected chi connectivity index (χ3v) is 2.48. The third-order valence-electron chi connectivity index (χ3n) is 2.48. The number of benzene rings is 1. The molecule has 0 saturated carbocycles. The predicted octanol–water partition coefficient (Wildman–Crippen LogP) is 2.54. The van der Waals surface area contributed by atoms with Crippen LogP contribution in [-0.4, -0.2) is 5.11 Å². The molecule has 0 unspecified atom stereocenters. The molecule has 2 rings (SSSR count). The van der Waals surface area contributed by atoms with Crippen LogP contribution >= 0.6 is 0 Å². The molecule has 0 atom stereocenters. The van der Waals surface area contributed by atoms with Gasteiger partial charge < -0.3 is 9.52 Å². The topological polar surface area (TPSA) is 50.4 Å². The number of aromatic hydroxyl groups is 1. The van der Waals surface area contributed by atoms with Crippen molar-refractivity contribution in [1.29, 1.82) is 0 Å². The van der Waals surface area contributed by atoms with Crippen molar-refractivity contribution >= 4 is 11.0 Å². The molecule has 1 aromatic heterocycles. The van der Waals surface area contributed by atoms with Gasteiger partial charge in [-0.15, -0.1) is 6.58 Å². The molecule has 0 saturated heterocycles. The second kappa shape index (κ2) is 3.85. The summed E-state index contributed by atoms with van der Waals surface area (Å²) in [6, 6.07) is 5.34. The Labute approximate surface area is 92.6 Å². The molecule has 1 aromatic carbocycles. The number of aryl methyl sites for hydroxylation is 1. The smallest absolute Gasteiger partial charge is 0.343 e. The molecular weight excluding hydrogens is 204 g/mol. The SMILES string of the molecule is C=CCc1c(O)c2ccc(C)cc2oc1=O. The van der Waals surface area contributed by atoms with Crippen molar-refractivity contribution < 1.29 is 9.52 Å². The van der Waals surface area contributed by atoms with Crippen LogP contribution in [0.25, 0.3) is 11.0 Å². The highest BCUT2D eigenvalue weighted by molar-refractivity contribution is 5.84. The largest absolute Gasteiger partial charge is 0.507 e. The van der Waals surface area contributed by atoms with Gasteiger partial charge in [0.25, 0.3) is 0 Å². The molecule has 0 aliphatic heterocycles. The van der Waals surface area contributed by atoms with E-state index in [-0.39, 0.29) is 11.3 Å². The van der Waals surface area contributed by atoms with Crippen LogP contribution in [0.1, 0.15) is 11.1 Å². The van der Waals surface area contributed by atoms with Crippen molar-refractivity contribution in [1.82, 2.24) is 0 Å². The summed E-state index contributed by atoms with van der Waals surface area (Å²) in [6.07, 6.45) is 1.87. The van der Waals surface area contributed by atoms with E-state index < -0.39 is 5.63 Å². The molecule has 0 aliphatic carbocycles. The summed E-state index contributed by atoms with van der Waals surface area (Å²) in [5.41, 5.74) is 1.14. The quantitative estimate of drug-likeness (QED) is 0.620.